The number of aliphatic imine (C=N–C) groups is 1. The number of benzene rings is 1. The van der Waals surface area contributed by atoms with E-state index in [1.165, 1.54) is 44.9 Å². The van der Waals surface area contributed by atoms with Gasteiger partial charge in [-0.1, -0.05) is 38.3 Å². The molecule has 0 aliphatic heterocycles. The summed E-state index contributed by atoms with van der Waals surface area (Å²) >= 11 is 0. The second-order valence-corrected chi connectivity index (χ2v) is 12.0. The number of nitrogens with zero attached hydrogens (tertiary/aromatic N) is 1. The molecule has 3 nitrogen and oxygen atoms in total. The maximum Gasteiger partial charge on any atom is 0.124 e. The van der Waals surface area contributed by atoms with Gasteiger partial charge in [-0.15, -0.1) is 0 Å². The quantitative estimate of drug-likeness (QED) is 0.562. The van der Waals surface area contributed by atoms with Gasteiger partial charge in [-0.3, -0.25) is 4.99 Å². The summed E-state index contributed by atoms with van der Waals surface area (Å²) in [5.74, 6) is 3.49. The number of phenols is 1. The number of phenolic OH excluding ortho intramolecular Hbond substituents is 1. The molecule has 2 N–H and O–H groups in total. The Kier molecular flexibility index (Phi) is 5.28. The third-order valence-electron chi connectivity index (χ3n) is 10.7. The van der Waals surface area contributed by atoms with Crippen molar-refractivity contribution in [3.05, 3.63) is 29.3 Å². The molecule has 0 amide bonds. The van der Waals surface area contributed by atoms with Crippen LogP contribution in [0.5, 0.6) is 5.75 Å². The van der Waals surface area contributed by atoms with Crippen molar-refractivity contribution in [3.63, 3.8) is 0 Å². The molecule has 0 unspecified atom stereocenters. The normalized spacial score (nSPS) is 44.6. The third kappa shape index (κ3) is 3.29. The molecule has 3 heteroatoms. The van der Waals surface area contributed by atoms with E-state index in [4.69, 9.17) is 0 Å². The molecule has 0 saturated heterocycles. The van der Waals surface area contributed by atoms with Crippen molar-refractivity contribution in [1.29, 1.82) is 0 Å². The van der Waals surface area contributed by atoms with Crippen LogP contribution in [-0.2, 0) is 0 Å². The second-order valence-electron chi connectivity index (χ2n) is 12.0. The van der Waals surface area contributed by atoms with Crippen molar-refractivity contribution in [1.82, 2.24) is 0 Å². The number of aliphatic hydroxyl groups is 1. The number of hydrogen-bond donors (Lipinski definition) is 2. The van der Waals surface area contributed by atoms with Crippen LogP contribution in [0.2, 0.25) is 0 Å². The lowest BCUT2D eigenvalue weighted by molar-refractivity contribution is -0.147. The third-order valence-corrected chi connectivity index (χ3v) is 10.7. The highest BCUT2D eigenvalue weighted by atomic mass is 16.3. The Morgan fingerprint density at radius 1 is 1.00 bits per heavy atom. The average Bonchev–Trinajstić information content (AvgIpc) is 3.01. The van der Waals surface area contributed by atoms with Crippen molar-refractivity contribution in [2.75, 3.05) is 6.54 Å². The first kappa shape index (κ1) is 21.5. The van der Waals surface area contributed by atoms with Gasteiger partial charge in [0.2, 0.25) is 0 Å². The Morgan fingerprint density at radius 3 is 2.65 bits per heavy atom. The molecule has 170 valence electrons. The zero-order valence-corrected chi connectivity index (χ0v) is 19.7. The molecule has 0 aromatic heterocycles. The van der Waals surface area contributed by atoms with Crippen LogP contribution in [0, 0.1) is 41.4 Å². The Hall–Kier alpha value is -1.35. The molecule has 0 spiro atoms. The minimum atomic E-state index is -0.719. The molecule has 1 aromatic rings. The molecule has 4 saturated carbocycles. The molecule has 4 fully saturated rings. The largest absolute Gasteiger partial charge is 0.507 e. The van der Waals surface area contributed by atoms with E-state index in [1.807, 2.05) is 19.1 Å². The lowest BCUT2D eigenvalue weighted by Crippen LogP contribution is -2.56. The summed E-state index contributed by atoms with van der Waals surface area (Å²) in [6.07, 6.45) is 14.7. The Labute approximate surface area is 188 Å². The number of rotatable bonds is 3. The molecule has 7 atom stereocenters. The lowest BCUT2D eigenvalue weighted by atomic mass is 9.44. The summed E-state index contributed by atoms with van der Waals surface area (Å²) in [5, 5.41) is 22.0. The van der Waals surface area contributed by atoms with Crippen LogP contribution in [0.4, 0.5) is 0 Å². The van der Waals surface area contributed by atoms with Gasteiger partial charge in [0.25, 0.3) is 0 Å². The summed E-state index contributed by atoms with van der Waals surface area (Å²) in [6, 6.07) is 5.58. The van der Waals surface area contributed by atoms with Crippen LogP contribution in [-0.4, -0.2) is 28.6 Å². The zero-order valence-electron chi connectivity index (χ0n) is 19.7. The molecule has 4 aliphatic rings. The van der Waals surface area contributed by atoms with E-state index in [2.05, 4.69) is 18.8 Å². The Balaban J connectivity index is 1.35. The van der Waals surface area contributed by atoms with Gasteiger partial charge in [-0.05, 0) is 99.5 Å². The van der Waals surface area contributed by atoms with Crippen LogP contribution >= 0.6 is 0 Å². The highest BCUT2D eigenvalue weighted by Crippen LogP contribution is 2.68. The molecule has 31 heavy (non-hydrogen) atoms. The lowest BCUT2D eigenvalue weighted by Gasteiger charge is -2.61. The minimum absolute atomic E-state index is 0.0297. The SMILES string of the molecule is Cc1ccc(O)c(C=NC[C@@]2(O)CC[C@@H]3[C@@H]4CC[C@@H]5CCCC[C@]5(C)[C@H]4CC[C@@]32C)c1. The van der Waals surface area contributed by atoms with Crippen molar-refractivity contribution >= 4 is 6.21 Å². The monoisotopic (exact) mass is 423 g/mol. The van der Waals surface area contributed by atoms with Crippen LogP contribution in [0.1, 0.15) is 89.2 Å². The summed E-state index contributed by atoms with van der Waals surface area (Å²) in [7, 11) is 0. The maximum absolute atomic E-state index is 11.9. The summed E-state index contributed by atoms with van der Waals surface area (Å²) < 4.78 is 0. The van der Waals surface area contributed by atoms with Gasteiger partial charge < -0.3 is 10.2 Å². The van der Waals surface area contributed by atoms with Crippen molar-refractivity contribution in [3.8, 4) is 5.75 Å². The van der Waals surface area contributed by atoms with Crippen LogP contribution in [0.15, 0.2) is 23.2 Å². The first-order chi connectivity index (χ1) is 14.8. The van der Waals surface area contributed by atoms with E-state index in [1.54, 1.807) is 12.3 Å². The van der Waals surface area contributed by atoms with Crippen molar-refractivity contribution in [2.24, 2.45) is 39.5 Å². The first-order valence-corrected chi connectivity index (χ1v) is 12.8. The highest BCUT2D eigenvalue weighted by molar-refractivity contribution is 5.83. The Bertz CT molecular complexity index is 865. The van der Waals surface area contributed by atoms with E-state index in [9.17, 15) is 10.2 Å². The van der Waals surface area contributed by atoms with Crippen LogP contribution in [0.3, 0.4) is 0 Å². The first-order valence-electron chi connectivity index (χ1n) is 12.8. The molecular formula is C28H41NO2. The number of fused-ring (bicyclic) bond motifs is 5. The molecule has 4 aliphatic carbocycles. The second kappa shape index (κ2) is 7.61. The Morgan fingerprint density at radius 2 is 1.81 bits per heavy atom. The summed E-state index contributed by atoms with van der Waals surface area (Å²) in [6.45, 7) is 7.46. The minimum Gasteiger partial charge on any atom is -0.507 e. The fourth-order valence-corrected chi connectivity index (χ4v) is 8.74. The van der Waals surface area contributed by atoms with E-state index in [-0.39, 0.29) is 11.2 Å². The van der Waals surface area contributed by atoms with Crippen molar-refractivity contribution < 1.29 is 10.2 Å². The van der Waals surface area contributed by atoms with Crippen molar-refractivity contribution in [2.45, 2.75) is 90.6 Å². The number of aryl methyl sites for hydroxylation is 1. The standard InChI is InChI=1S/C28H41NO2/c1-19-7-10-25(30)20(16-19)17-29-18-28(31)15-12-24-22-9-8-21-6-4-5-13-26(21,2)23(22)11-14-27(24,28)3/h7,10,16-17,21-24,30-31H,4-6,8-9,11-15,18H2,1-3H3/t21-,22+,23-,24+,26-,27-,28-/m0/s1. The van der Waals surface area contributed by atoms with Crippen LogP contribution < -0.4 is 0 Å². The number of hydrogen-bond acceptors (Lipinski definition) is 3. The molecule has 0 radical (unpaired) electrons. The molecule has 0 bridgehead atoms. The van der Waals surface area contributed by atoms with Gasteiger partial charge >= 0.3 is 0 Å². The van der Waals surface area contributed by atoms with E-state index in [0.717, 1.165) is 48.1 Å². The van der Waals surface area contributed by atoms with Gasteiger partial charge in [-0.2, -0.15) is 0 Å². The van der Waals surface area contributed by atoms with Gasteiger partial charge in [-0.25, -0.2) is 0 Å². The van der Waals surface area contributed by atoms with Gasteiger partial charge in [0.05, 0.1) is 12.1 Å². The maximum atomic E-state index is 11.9. The summed E-state index contributed by atoms with van der Waals surface area (Å²) in [5.41, 5.74) is 1.65. The molecular weight excluding hydrogens is 382 g/mol. The summed E-state index contributed by atoms with van der Waals surface area (Å²) in [4.78, 5) is 4.68. The zero-order chi connectivity index (χ0) is 21.9. The van der Waals surface area contributed by atoms with E-state index >= 15 is 0 Å². The fourth-order valence-electron chi connectivity index (χ4n) is 8.74. The smallest absolute Gasteiger partial charge is 0.124 e. The number of aromatic hydroxyl groups is 1. The van der Waals surface area contributed by atoms with Gasteiger partial charge in [0.15, 0.2) is 0 Å². The topological polar surface area (TPSA) is 52.8 Å². The predicted molar refractivity (Wildman–Crippen MR) is 127 cm³/mol. The predicted octanol–water partition coefficient (Wildman–Crippen LogP) is 6.28. The molecule has 1 aromatic carbocycles. The average molecular weight is 424 g/mol. The van der Waals surface area contributed by atoms with E-state index < -0.39 is 5.60 Å². The van der Waals surface area contributed by atoms with E-state index in [0.29, 0.717) is 17.9 Å². The van der Waals surface area contributed by atoms with Crippen LogP contribution in [0.25, 0.3) is 0 Å². The molecule has 0 heterocycles. The fraction of sp³-hybridized carbons (Fsp3) is 0.750. The van der Waals surface area contributed by atoms with Gasteiger partial charge in [0.1, 0.15) is 5.75 Å². The highest BCUT2D eigenvalue weighted by Gasteiger charge is 2.64. The van der Waals surface area contributed by atoms with Gasteiger partial charge in [0, 0.05) is 17.2 Å². The molecule has 5 rings (SSSR count).